The average molecular weight is 765 g/mol. The quantitative estimate of drug-likeness (QED) is 0.0627. The molecule has 2 aliphatic rings. The summed E-state index contributed by atoms with van der Waals surface area (Å²) in [6.07, 6.45) is -13.2. The van der Waals surface area contributed by atoms with Crippen molar-refractivity contribution in [3.05, 3.63) is 23.8 Å². The van der Waals surface area contributed by atoms with Gasteiger partial charge in [0, 0.05) is 26.4 Å². The van der Waals surface area contributed by atoms with Crippen molar-refractivity contribution in [3.8, 4) is 0 Å². The first-order chi connectivity index (χ1) is 25.6. The molecule has 2 saturated heterocycles. The first-order valence-electron chi connectivity index (χ1n) is 17.9. The molecule has 10 atom stereocenters. The molecular weight excluding hydrogens is 708 g/mol. The van der Waals surface area contributed by atoms with E-state index in [1.807, 2.05) is 27.7 Å². The zero-order valence-electron chi connectivity index (χ0n) is 30.6. The normalized spacial score (nSPS) is 29.4. The molecule has 0 radical (unpaired) electrons. The molecule has 0 aliphatic carbocycles. The summed E-state index contributed by atoms with van der Waals surface area (Å²) in [5, 5.41) is 80.5. The van der Waals surface area contributed by atoms with Crippen LogP contribution in [0.1, 0.15) is 39.1 Å². The number of nitrogens with zero attached hydrogens (tertiary/aromatic N) is 6. The van der Waals surface area contributed by atoms with E-state index in [4.69, 9.17) is 42.6 Å². The fourth-order valence-electron chi connectivity index (χ4n) is 5.54. The predicted octanol–water partition coefficient (Wildman–Crippen LogP) is -2.88. The Morgan fingerprint density at radius 2 is 0.925 bits per heavy atom. The summed E-state index contributed by atoms with van der Waals surface area (Å²) < 4.78 is 53.6. The molecule has 0 amide bonds. The summed E-state index contributed by atoms with van der Waals surface area (Å²) in [4.78, 5) is 0. The molecule has 53 heavy (non-hydrogen) atoms. The van der Waals surface area contributed by atoms with Crippen LogP contribution < -0.4 is 0 Å². The number of hydrogen-bond acceptors (Lipinski definition) is 19. The summed E-state index contributed by atoms with van der Waals surface area (Å²) in [7, 11) is 0. The lowest BCUT2D eigenvalue weighted by Gasteiger charge is -2.45. The van der Waals surface area contributed by atoms with Crippen molar-refractivity contribution in [2.24, 2.45) is 0 Å². The SMILES string of the molecule is CCOCC(COCC)OCc1cn(CC2O[C@H](O[C@H]3OC(Cn4cc(COC(COCC)COCC)nn4)[C@@H](O)[C@H](O)C3O)C(O)C(O)[C@@H]2O)nn1. The van der Waals surface area contributed by atoms with Crippen molar-refractivity contribution >= 4 is 0 Å². The smallest absolute Gasteiger partial charge is 0.189 e. The summed E-state index contributed by atoms with van der Waals surface area (Å²) in [5.41, 5.74) is 0.941. The zero-order valence-corrected chi connectivity index (χ0v) is 30.6. The molecule has 21 heteroatoms. The van der Waals surface area contributed by atoms with Crippen molar-refractivity contribution < 1.29 is 73.3 Å². The molecule has 2 aliphatic heterocycles. The van der Waals surface area contributed by atoms with E-state index >= 15 is 0 Å². The Bertz CT molecular complexity index is 1180. The van der Waals surface area contributed by atoms with Crippen LogP contribution in [0.4, 0.5) is 0 Å². The Labute approximate surface area is 307 Å². The first kappa shape index (κ1) is 43.4. The number of aromatic nitrogens is 6. The molecule has 5 unspecified atom stereocenters. The number of aliphatic hydroxyl groups excluding tert-OH is 6. The van der Waals surface area contributed by atoms with Gasteiger partial charge in [-0.15, -0.1) is 10.2 Å². The molecule has 2 fully saturated rings. The van der Waals surface area contributed by atoms with Gasteiger partial charge in [-0.3, -0.25) is 0 Å². The van der Waals surface area contributed by atoms with Crippen LogP contribution in [0.5, 0.6) is 0 Å². The summed E-state index contributed by atoms with van der Waals surface area (Å²) in [5.74, 6) is 0. The maximum atomic E-state index is 10.7. The lowest BCUT2D eigenvalue weighted by molar-refractivity contribution is -0.375. The van der Waals surface area contributed by atoms with E-state index in [0.717, 1.165) is 0 Å². The lowest BCUT2D eigenvalue weighted by atomic mass is 9.97. The summed E-state index contributed by atoms with van der Waals surface area (Å²) in [6.45, 7) is 11.0. The van der Waals surface area contributed by atoms with Crippen LogP contribution in [-0.4, -0.2) is 187 Å². The molecule has 0 spiro atoms. The minimum atomic E-state index is -1.78. The van der Waals surface area contributed by atoms with E-state index in [9.17, 15) is 30.6 Å². The highest BCUT2D eigenvalue weighted by Gasteiger charge is 2.50. The topological polar surface area (TPSA) is 266 Å². The van der Waals surface area contributed by atoms with E-state index < -0.39 is 61.4 Å². The van der Waals surface area contributed by atoms with Gasteiger partial charge in [0.05, 0.1) is 65.1 Å². The van der Waals surface area contributed by atoms with Crippen molar-refractivity contribution in [1.82, 2.24) is 30.0 Å². The van der Waals surface area contributed by atoms with Crippen LogP contribution in [0.3, 0.4) is 0 Å². The van der Waals surface area contributed by atoms with Gasteiger partial charge in [-0.05, 0) is 27.7 Å². The van der Waals surface area contributed by atoms with E-state index in [2.05, 4.69) is 20.6 Å². The van der Waals surface area contributed by atoms with Gasteiger partial charge >= 0.3 is 0 Å². The van der Waals surface area contributed by atoms with Gasteiger partial charge in [0.1, 0.15) is 72.4 Å². The highest BCUT2D eigenvalue weighted by Crippen LogP contribution is 2.29. The Kier molecular flexibility index (Phi) is 18.3. The fourth-order valence-corrected chi connectivity index (χ4v) is 5.54. The van der Waals surface area contributed by atoms with Crippen LogP contribution in [-0.2, 0) is 68.9 Å². The molecule has 0 aromatic carbocycles. The average Bonchev–Trinajstić information content (AvgIpc) is 3.81. The van der Waals surface area contributed by atoms with E-state index in [1.54, 1.807) is 12.4 Å². The van der Waals surface area contributed by atoms with E-state index in [1.165, 1.54) is 9.36 Å². The van der Waals surface area contributed by atoms with Crippen LogP contribution in [0.15, 0.2) is 12.4 Å². The van der Waals surface area contributed by atoms with E-state index in [-0.39, 0.29) is 38.5 Å². The number of rotatable bonds is 24. The molecule has 6 N–H and O–H groups in total. The zero-order chi connectivity index (χ0) is 38.3. The molecule has 21 nitrogen and oxygen atoms in total. The van der Waals surface area contributed by atoms with Gasteiger partial charge in [0.25, 0.3) is 0 Å². The van der Waals surface area contributed by atoms with Crippen molar-refractivity contribution in [3.63, 3.8) is 0 Å². The first-order valence-corrected chi connectivity index (χ1v) is 17.9. The summed E-state index contributed by atoms with van der Waals surface area (Å²) in [6, 6.07) is 0. The third-order valence-corrected chi connectivity index (χ3v) is 8.48. The number of ether oxygens (including phenoxy) is 9. The third-order valence-electron chi connectivity index (χ3n) is 8.48. The lowest BCUT2D eigenvalue weighted by Crippen LogP contribution is -2.63. The largest absolute Gasteiger partial charge is 0.388 e. The molecule has 304 valence electrons. The molecule has 2 aromatic rings. The molecule has 2 aromatic heterocycles. The van der Waals surface area contributed by atoms with Crippen molar-refractivity contribution in [2.45, 2.75) is 128 Å². The maximum absolute atomic E-state index is 10.7. The molecule has 4 rings (SSSR count). The second-order valence-corrected chi connectivity index (χ2v) is 12.5. The van der Waals surface area contributed by atoms with Crippen LogP contribution >= 0.6 is 0 Å². The van der Waals surface area contributed by atoms with Gasteiger partial charge in [-0.25, -0.2) is 9.36 Å². The monoisotopic (exact) mass is 764 g/mol. The number of aliphatic hydroxyl groups is 6. The van der Waals surface area contributed by atoms with Gasteiger partial charge in [0.2, 0.25) is 0 Å². The highest BCUT2D eigenvalue weighted by molar-refractivity contribution is 4.96. The Hall–Kier alpha value is -2.32. The number of hydrogen-bond donors (Lipinski definition) is 6. The third kappa shape index (κ3) is 12.9. The Balaban J connectivity index is 1.34. The molecule has 4 heterocycles. The second-order valence-electron chi connectivity index (χ2n) is 12.5. The minimum absolute atomic E-state index is 0.103. The van der Waals surface area contributed by atoms with Gasteiger partial charge in [-0.2, -0.15) is 0 Å². The molecule has 0 bridgehead atoms. The predicted molar refractivity (Wildman–Crippen MR) is 178 cm³/mol. The minimum Gasteiger partial charge on any atom is -0.388 e. The standard InChI is InChI=1S/C32H56N6O15/c1-5-45-15-21(16-46-6-2)49-13-19-9-37(35-33-19)11-23-25(39)27(41)29(43)31(51-23)53-32-30(44)28(42)26(40)24(52-32)12-38-10-20(34-36-38)14-50-22(17-47-7-3)18-48-8-4/h9-10,21-32,39-44H,5-8,11-18H2,1-4H3/t23?,24?,25-,26-,27+,28?,29?,30?,31-,32-/m1/s1. The molecular formula is C32H56N6O15. The highest BCUT2D eigenvalue weighted by atomic mass is 16.8. The summed E-state index contributed by atoms with van der Waals surface area (Å²) >= 11 is 0. The van der Waals surface area contributed by atoms with Gasteiger partial charge in [0.15, 0.2) is 12.6 Å². The van der Waals surface area contributed by atoms with Gasteiger partial charge < -0.3 is 73.3 Å². The van der Waals surface area contributed by atoms with Gasteiger partial charge in [-0.1, -0.05) is 10.4 Å². The van der Waals surface area contributed by atoms with E-state index in [0.29, 0.717) is 64.2 Å². The van der Waals surface area contributed by atoms with Crippen LogP contribution in [0.2, 0.25) is 0 Å². The second kappa shape index (κ2) is 22.3. The van der Waals surface area contributed by atoms with Crippen molar-refractivity contribution in [1.29, 1.82) is 0 Å². The van der Waals surface area contributed by atoms with Crippen LogP contribution in [0, 0.1) is 0 Å². The van der Waals surface area contributed by atoms with Crippen LogP contribution in [0.25, 0.3) is 0 Å². The Morgan fingerprint density at radius 3 is 1.26 bits per heavy atom. The Morgan fingerprint density at radius 1 is 0.566 bits per heavy atom. The fraction of sp³-hybridized carbons (Fsp3) is 0.875. The maximum Gasteiger partial charge on any atom is 0.189 e. The molecule has 0 saturated carbocycles. The van der Waals surface area contributed by atoms with Crippen molar-refractivity contribution in [2.75, 3.05) is 52.9 Å².